The largest absolute Gasteiger partial charge is 0.493 e. The summed E-state index contributed by atoms with van der Waals surface area (Å²) in [6, 6.07) is 12.0. The third kappa shape index (κ3) is 7.98. The lowest BCUT2D eigenvalue weighted by atomic mass is 10.2. The highest BCUT2D eigenvalue weighted by Crippen LogP contribution is 2.30. The molecular formula is C22H31IN4O3. The number of methoxy groups -OCH3 is 1. The molecule has 0 radical (unpaired) electrons. The zero-order valence-corrected chi connectivity index (χ0v) is 19.9. The Morgan fingerprint density at radius 1 is 1.03 bits per heavy atom. The molecule has 3 rings (SSSR count). The number of nitrogens with zero attached hydrogens (tertiary/aromatic N) is 2. The van der Waals surface area contributed by atoms with Crippen LogP contribution in [0.25, 0.3) is 0 Å². The highest BCUT2D eigenvalue weighted by atomic mass is 127. The zero-order valence-electron chi connectivity index (χ0n) is 17.6. The van der Waals surface area contributed by atoms with Gasteiger partial charge in [-0.3, -0.25) is 4.99 Å². The second-order valence-electron chi connectivity index (χ2n) is 6.95. The van der Waals surface area contributed by atoms with Gasteiger partial charge in [0, 0.05) is 44.6 Å². The van der Waals surface area contributed by atoms with Gasteiger partial charge in [0.1, 0.15) is 12.4 Å². The molecule has 0 saturated heterocycles. The van der Waals surface area contributed by atoms with Gasteiger partial charge < -0.3 is 24.8 Å². The van der Waals surface area contributed by atoms with Gasteiger partial charge in [-0.25, -0.2) is 4.98 Å². The van der Waals surface area contributed by atoms with Crippen molar-refractivity contribution in [3.63, 3.8) is 0 Å². The van der Waals surface area contributed by atoms with Crippen molar-refractivity contribution in [2.75, 3.05) is 34.0 Å². The number of aromatic nitrogens is 1. The average molecular weight is 526 g/mol. The molecule has 8 heteroatoms. The van der Waals surface area contributed by atoms with Gasteiger partial charge in [-0.1, -0.05) is 24.3 Å². The zero-order chi connectivity index (χ0) is 20.3. The van der Waals surface area contributed by atoms with E-state index in [1.807, 2.05) is 30.3 Å². The number of hydrogen-bond acceptors (Lipinski definition) is 5. The van der Waals surface area contributed by atoms with Crippen LogP contribution < -0.4 is 20.1 Å². The van der Waals surface area contributed by atoms with Crippen molar-refractivity contribution in [2.24, 2.45) is 10.9 Å². The van der Waals surface area contributed by atoms with Gasteiger partial charge in [0.15, 0.2) is 5.96 Å². The number of pyridine rings is 1. The average Bonchev–Trinajstić information content (AvgIpc) is 3.58. The van der Waals surface area contributed by atoms with Crippen molar-refractivity contribution in [1.29, 1.82) is 0 Å². The van der Waals surface area contributed by atoms with Crippen LogP contribution in [0, 0.1) is 5.92 Å². The number of aliphatic imine (C=N–C) groups is 1. The molecule has 1 aliphatic rings. The number of hydrogen-bond donors (Lipinski definition) is 2. The molecule has 30 heavy (non-hydrogen) atoms. The second-order valence-corrected chi connectivity index (χ2v) is 6.95. The fourth-order valence-electron chi connectivity index (χ4n) is 2.77. The molecule has 0 bridgehead atoms. The first-order valence-electron chi connectivity index (χ1n) is 10.0. The number of guanidine groups is 1. The quantitative estimate of drug-likeness (QED) is 0.203. The monoisotopic (exact) mass is 526 g/mol. The molecule has 1 saturated carbocycles. The van der Waals surface area contributed by atoms with Crippen LogP contribution in [0.2, 0.25) is 0 Å². The molecule has 2 N–H and O–H groups in total. The van der Waals surface area contributed by atoms with Crippen LogP contribution in [-0.2, 0) is 17.8 Å². The Hall–Kier alpha value is -2.07. The highest BCUT2D eigenvalue weighted by molar-refractivity contribution is 14.0. The van der Waals surface area contributed by atoms with Crippen LogP contribution >= 0.6 is 24.0 Å². The number of rotatable bonds is 11. The van der Waals surface area contributed by atoms with Gasteiger partial charge in [0.25, 0.3) is 0 Å². The molecule has 0 unspecified atom stereocenters. The molecule has 0 amide bonds. The van der Waals surface area contributed by atoms with Crippen LogP contribution in [0.4, 0.5) is 0 Å². The lowest BCUT2D eigenvalue weighted by Crippen LogP contribution is -2.36. The summed E-state index contributed by atoms with van der Waals surface area (Å²) in [4.78, 5) is 8.61. The minimum absolute atomic E-state index is 0. The van der Waals surface area contributed by atoms with Gasteiger partial charge in [-0.15, -0.1) is 24.0 Å². The van der Waals surface area contributed by atoms with Crippen molar-refractivity contribution in [3.8, 4) is 11.6 Å². The molecule has 1 heterocycles. The van der Waals surface area contributed by atoms with Crippen LogP contribution in [0.15, 0.2) is 47.6 Å². The molecule has 0 spiro atoms. The Labute approximate surface area is 195 Å². The summed E-state index contributed by atoms with van der Waals surface area (Å²) in [5.41, 5.74) is 2.07. The highest BCUT2D eigenvalue weighted by Gasteiger charge is 2.22. The third-order valence-electron chi connectivity index (χ3n) is 4.64. The predicted molar refractivity (Wildman–Crippen MR) is 129 cm³/mol. The normalized spacial score (nSPS) is 13.3. The standard InChI is InChI=1S/C22H30N4O3.HI/c1-23-22(26-15-19-7-5-11-24-21(19)28-13-12-27-2)25-14-18-6-3-4-8-20(18)29-16-17-9-10-17;/h3-8,11,17H,9-10,12-16H2,1-2H3,(H2,23,25,26);1H. The SMILES string of the molecule is CN=C(NCc1ccccc1OCC1CC1)NCc1cccnc1OCCOC.I. The summed E-state index contributed by atoms with van der Waals surface area (Å²) in [5, 5.41) is 6.66. The van der Waals surface area contributed by atoms with E-state index in [4.69, 9.17) is 14.2 Å². The van der Waals surface area contributed by atoms with Crippen molar-refractivity contribution >= 4 is 29.9 Å². The molecular weight excluding hydrogens is 495 g/mol. The molecule has 1 aromatic carbocycles. The van der Waals surface area contributed by atoms with Crippen LogP contribution in [0.3, 0.4) is 0 Å². The van der Waals surface area contributed by atoms with Crippen molar-refractivity contribution in [3.05, 3.63) is 53.7 Å². The summed E-state index contributed by atoms with van der Waals surface area (Å²) < 4.78 is 16.7. The first-order valence-corrected chi connectivity index (χ1v) is 10.0. The lowest BCUT2D eigenvalue weighted by molar-refractivity contribution is 0.143. The Bertz CT molecular complexity index is 799. The Kier molecular flexibility index (Phi) is 10.7. The van der Waals surface area contributed by atoms with E-state index in [9.17, 15) is 0 Å². The molecule has 2 aromatic rings. The summed E-state index contributed by atoms with van der Waals surface area (Å²) in [5.74, 6) is 2.97. The van der Waals surface area contributed by atoms with Gasteiger partial charge in [-0.05, 0) is 30.9 Å². The smallest absolute Gasteiger partial charge is 0.218 e. The van der Waals surface area contributed by atoms with E-state index in [2.05, 4.69) is 26.7 Å². The fourth-order valence-corrected chi connectivity index (χ4v) is 2.77. The van der Waals surface area contributed by atoms with E-state index < -0.39 is 0 Å². The molecule has 1 aromatic heterocycles. The maximum Gasteiger partial charge on any atom is 0.218 e. The van der Waals surface area contributed by atoms with Gasteiger partial charge in [-0.2, -0.15) is 0 Å². The lowest BCUT2D eigenvalue weighted by Gasteiger charge is -2.16. The molecule has 0 atom stereocenters. The van der Waals surface area contributed by atoms with Gasteiger partial charge in [0.2, 0.25) is 5.88 Å². The maximum atomic E-state index is 5.98. The Balaban J connectivity index is 0.00000320. The maximum absolute atomic E-state index is 5.98. The molecule has 7 nitrogen and oxygen atoms in total. The van der Waals surface area contributed by atoms with Crippen molar-refractivity contribution in [1.82, 2.24) is 15.6 Å². The summed E-state index contributed by atoms with van der Waals surface area (Å²) in [6.45, 7) is 2.97. The predicted octanol–water partition coefficient (Wildman–Crippen LogP) is 3.38. The first kappa shape index (κ1) is 24.2. The summed E-state index contributed by atoms with van der Waals surface area (Å²) >= 11 is 0. The van der Waals surface area contributed by atoms with Gasteiger partial charge >= 0.3 is 0 Å². The summed E-state index contributed by atoms with van der Waals surface area (Å²) in [6.07, 6.45) is 4.28. The van der Waals surface area contributed by atoms with E-state index in [1.165, 1.54) is 12.8 Å². The molecule has 1 aliphatic carbocycles. The second kappa shape index (κ2) is 13.3. The minimum atomic E-state index is 0. The van der Waals surface area contributed by atoms with Crippen LogP contribution in [0.1, 0.15) is 24.0 Å². The van der Waals surface area contributed by atoms with Crippen LogP contribution in [0.5, 0.6) is 11.6 Å². The van der Waals surface area contributed by atoms with E-state index in [1.54, 1.807) is 20.4 Å². The molecule has 0 aliphatic heterocycles. The van der Waals surface area contributed by atoms with Crippen LogP contribution in [-0.4, -0.2) is 44.9 Å². The number of nitrogens with one attached hydrogen (secondary N) is 2. The number of ether oxygens (including phenoxy) is 3. The topological polar surface area (TPSA) is 77.0 Å². The minimum Gasteiger partial charge on any atom is -0.493 e. The number of benzene rings is 1. The van der Waals surface area contributed by atoms with E-state index in [-0.39, 0.29) is 24.0 Å². The Morgan fingerprint density at radius 3 is 2.50 bits per heavy atom. The fraction of sp³-hybridized carbons (Fsp3) is 0.455. The summed E-state index contributed by atoms with van der Waals surface area (Å²) in [7, 11) is 3.40. The van der Waals surface area contributed by atoms with E-state index >= 15 is 0 Å². The van der Waals surface area contributed by atoms with E-state index in [0.29, 0.717) is 38.1 Å². The Morgan fingerprint density at radius 2 is 1.77 bits per heavy atom. The number of halogens is 1. The van der Waals surface area contributed by atoms with Crippen molar-refractivity contribution < 1.29 is 14.2 Å². The van der Waals surface area contributed by atoms with Crippen molar-refractivity contribution in [2.45, 2.75) is 25.9 Å². The number of para-hydroxylation sites is 1. The molecule has 164 valence electrons. The van der Waals surface area contributed by atoms with E-state index in [0.717, 1.165) is 29.4 Å². The van der Waals surface area contributed by atoms with Gasteiger partial charge in [0.05, 0.1) is 13.2 Å². The third-order valence-corrected chi connectivity index (χ3v) is 4.64. The first-order chi connectivity index (χ1) is 14.3. The molecule has 1 fully saturated rings.